The van der Waals surface area contributed by atoms with Gasteiger partial charge in [-0.2, -0.15) is 0 Å². The van der Waals surface area contributed by atoms with Crippen LogP contribution < -0.4 is 10.2 Å². The number of alkyl halides is 1. The third kappa shape index (κ3) is 3.82. The van der Waals surface area contributed by atoms with Crippen LogP contribution in [-0.4, -0.2) is 79.8 Å². The molecule has 1 unspecified atom stereocenters. The summed E-state index contributed by atoms with van der Waals surface area (Å²) in [6, 6.07) is 8.23. The SMILES string of the molecule is O=C([C@@H]1C[C@H](N2CCN(c3ccc(Cl)cc3)CC2)CN1)N1CCC(F)C1. The number of nitrogens with one attached hydrogen (secondary N) is 1. The second-order valence-electron chi connectivity index (χ2n) is 7.52. The minimum atomic E-state index is -0.850. The average Bonchev–Trinajstić information content (AvgIpc) is 3.31. The summed E-state index contributed by atoms with van der Waals surface area (Å²) in [5.74, 6) is 0.0763. The molecular formula is C19H26ClFN4O. The van der Waals surface area contributed by atoms with E-state index in [1.807, 2.05) is 12.1 Å². The molecule has 3 fully saturated rings. The van der Waals surface area contributed by atoms with Gasteiger partial charge in [-0.05, 0) is 37.1 Å². The first kappa shape index (κ1) is 18.0. The molecule has 5 nitrogen and oxygen atoms in total. The standard InChI is InChI=1S/C19H26ClFN4O/c20-14-1-3-16(4-2-14)23-7-9-24(10-8-23)17-11-18(22-12-17)19(26)25-6-5-15(21)13-25/h1-4,15,17-18,22H,5-13H2/t15?,17-,18-/m0/s1. The van der Waals surface area contributed by atoms with Crippen molar-refractivity contribution < 1.29 is 9.18 Å². The maximum atomic E-state index is 13.4. The van der Waals surface area contributed by atoms with Crippen LogP contribution in [0, 0.1) is 0 Å². The van der Waals surface area contributed by atoms with Crippen molar-refractivity contribution in [3.8, 4) is 0 Å². The molecule has 26 heavy (non-hydrogen) atoms. The van der Waals surface area contributed by atoms with Crippen molar-refractivity contribution in [3.63, 3.8) is 0 Å². The largest absolute Gasteiger partial charge is 0.369 e. The van der Waals surface area contributed by atoms with Gasteiger partial charge in [-0.15, -0.1) is 0 Å². The lowest BCUT2D eigenvalue weighted by Gasteiger charge is -2.39. The number of nitrogens with zero attached hydrogens (tertiary/aromatic N) is 3. The lowest BCUT2D eigenvalue weighted by molar-refractivity contribution is -0.132. The van der Waals surface area contributed by atoms with E-state index < -0.39 is 6.17 Å². The van der Waals surface area contributed by atoms with E-state index in [0.717, 1.165) is 44.2 Å². The molecule has 7 heteroatoms. The summed E-state index contributed by atoms with van der Waals surface area (Å²) < 4.78 is 13.4. The van der Waals surface area contributed by atoms with E-state index in [-0.39, 0.29) is 18.5 Å². The second-order valence-corrected chi connectivity index (χ2v) is 7.96. The zero-order valence-electron chi connectivity index (χ0n) is 14.9. The van der Waals surface area contributed by atoms with E-state index in [4.69, 9.17) is 11.6 Å². The molecule has 1 aromatic rings. The van der Waals surface area contributed by atoms with Gasteiger partial charge in [0.15, 0.2) is 0 Å². The summed E-state index contributed by atoms with van der Waals surface area (Å²) in [6.07, 6.45) is 0.457. The molecule has 0 bridgehead atoms. The number of amides is 1. The van der Waals surface area contributed by atoms with Gasteiger partial charge in [0.05, 0.1) is 12.6 Å². The van der Waals surface area contributed by atoms with Crippen molar-refractivity contribution in [2.45, 2.75) is 31.1 Å². The van der Waals surface area contributed by atoms with Gasteiger partial charge in [-0.3, -0.25) is 9.69 Å². The minimum absolute atomic E-state index is 0.0763. The van der Waals surface area contributed by atoms with Gasteiger partial charge in [0.2, 0.25) is 5.91 Å². The number of anilines is 1. The van der Waals surface area contributed by atoms with Crippen molar-refractivity contribution in [2.24, 2.45) is 0 Å². The number of rotatable bonds is 3. The summed E-state index contributed by atoms with van der Waals surface area (Å²) in [7, 11) is 0. The van der Waals surface area contributed by atoms with Gasteiger partial charge in [-0.1, -0.05) is 11.6 Å². The summed E-state index contributed by atoms with van der Waals surface area (Å²) in [6.45, 7) is 5.60. The molecule has 3 saturated heterocycles. The molecule has 4 rings (SSSR count). The third-order valence-electron chi connectivity index (χ3n) is 5.87. The highest BCUT2D eigenvalue weighted by Crippen LogP contribution is 2.23. The highest BCUT2D eigenvalue weighted by molar-refractivity contribution is 6.30. The fourth-order valence-electron chi connectivity index (χ4n) is 4.32. The van der Waals surface area contributed by atoms with Gasteiger partial charge in [0, 0.05) is 56.0 Å². The normalized spacial score (nSPS) is 30.2. The smallest absolute Gasteiger partial charge is 0.239 e. The van der Waals surface area contributed by atoms with Crippen molar-refractivity contribution in [1.82, 2.24) is 15.1 Å². The van der Waals surface area contributed by atoms with Crippen LogP contribution in [0.5, 0.6) is 0 Å². The highest BCUT2D eigenvalue weighted by Gasteiger charge is 2.37. The van der Waals surface area contributed by atoms with Crippen LogP contribution in [0.15, 0.2) is 24.3 Å². The fraction of sp³-hybridized carbons (Fsp3) is 0.632. The first-order valence-corrected chi connectivity index (χ1v) is 9.89. The summed E-state index contributed by atoms with van der Waals surface area (Å²) in [5, 5.41) is 4.12. The number of hydrogen-bond donors (Lipinski definition) is 1. The van der Waals surface area contributed by atoms with Gasteiger partial charge in [-0.25, -0.2) is 4.39 Å². The minimum Gasteiger partial charge on any atom is -0.369 e. The molecule has 1 aromatic carbocycles. The van der Waals surface area contributed by atoms with Crippen molar-refractivity contribution in [2.75, 3.05) is 50.7 Å². The molecule has 0 radical (unpaired) electrons. The van der Waals surface area contributed by atoms with Crippen molar-refractivity contribution in [1.29, 1.82) is 0 Å². The molecule has 0 aromatic heterocycles. The lowest BCUT2D eigenvalue weighted by atomic mass is 10.1. The predicted molar refractivity (Wildman–Crippen MR) is 102 cm³/mol. The molecule has 3 heterocycles. The Hall–Kier alpha value is -1.37. The number of halogens is 2. The van der Waals surface area contributed by atoms with E-state index in [0.29, 0.717) is 19.0 Å². The Morgan fingerprint density at radius 2 is 1.85 bits per heavy atom. The van der Waals surface area contributed by atoms with E-state index in [2.05, 4.69) is 27.2 Å². The van der Waals surface area contributed by atoms with E-state index >= 15 is 0 Å². The van der Waals surface area contributed by atoms with E-state index in [1.54, 1.807) is 4.90 Å². The molecular weight excluding hydrogens is 355 g/mol. The van der Waals surface area contributed by atoms with Crippen LogP contribution in [0.4, 0.5) is 10.1 Å². The van der Waals surface area contributed by atoms with Gasteiger partial charge < -0.3 is 15.1 Å². The summed E-state index contributed by atoms with van der Waals surface area (Å²) in [5.41, 5.74) is 1.21. The van der Waals surface area contributed by atoms with E-state index in [1.165, 1.54) is 5.69 Å². The molecule has 0 spiro atoms. The van der Waals surface area contributed by atoms with Gasteiger partial charge in [0.1, 0.15) is 6.17 Å². The van der Waals surface area contributed by atoms with Crippen LogP contribution in [0.3, 0.4) is 0 Å². The zero-order valence-corrected chi connectivity index (χ0v) is 15.7. The molecule has 3 atom stereocenters. The molecule has 1 amide bonds. The molecule has 1 N–H and O–H groups in total. The van der Waals surface area contributed by atoms with Crippen LogP contribution in [0.2, 0.25) is 5.02 Å². The van der Waals surface area contributed by atoms with Gasteiger partial charge >= 0.3 is 0 Å². The van der Waals surface area contributed by atoms with Crippen molar-refractivity contribution >= 4 is 23.2 Å². The predicted octanol–water partition coefficient (Wildman–Crippen LogP) is 1.76. The molecule has 3 aliphatic heterocycles. The van der Waals surface area contributed by atoms with Gasteiger partial charge in [0.25, 0.3) is 0 Å². The van der Waals surface area contributed by atoms with Crippen LogP contribution in [0.25, 0.3) is 0 Å². The third-order valence-corrected chi connectivity index (χ3v) is 6.12. The Morgan fingerprint density at radius 3 is 2.50 bits per heavy atom. The Labute approximate surface area is 159 Å². The fourth-order valence-corrected chi connectivity index (χ4v) is 4.44. The summed E-state index contributed by atoms with van der Waals surface area (Å²) >= 11 is 5.97. The number of benzene rings is 1. The van der Waals surface area contributed by atoms with Crippen molar-refractivity contribution in [3.05, 3.63) is 29.3 Å². The topological polar surface area (TPSA) is 38.8 Å². The zero-order chi connectivity index (χ0) is 18.1. The van der Waals surface area contributed by atoms with Crippen LogP contribution in [0.1, 0.15) is 12.8 Å². The number of piperazine rings is 1. The van der Waals surface area contributed by atoms with Crippen LogP contribution in [-0.2, 0) is 4.79 Å². The Bertz CT molecular complexity index is 635. The Balaban J connectivity index is 1.27. The molecule has 0 saturated carbocycles. The quantitative estimate of drug-likeness (QED) is 0.867. The summed E-state index contributed by atoms with van der Waals surface area (Å²) in [4.78, 5) is 19.1. The van der Waals surface area contributed by atoms with Crippen LogP contribution >= 0.6 is 11.6 Å². The first-order valence-electron chi connectivity index (χ1n) is 9.51. The maximum absolute atomic E-state index is 13.4. The Kier molecular flexibility index (Phi) is 5.34. The lowest BCUT2D eigenvalue weighted by Crippen LogP contribution is -2.51. The monoisotopic (exact) mass is 380 g/mol. The number of likely N-dealkylation sites (tertiary alicyclic amines) is 1. The molecule has 142 valence electrons. The number of carbonyl (C=O) groups is 1. The number of hydrogen-bond acceptors (Lipinski definition) is 4. The average molecular weight is 381 g/mol. The maximum Gasteiger partial charge on any atom is 0.239 e. The highest BCUT2D eigenvalue weighted by atomic mass is 35.5. The molecule has 0 aliphatic carbocycles. The van der Waals surface area contributed by atoms with E-state index in [9.17, 15) is 9.18 Å². The Morgan fingerprint density at radius 1 is 1.12 bits per heavy atom. The first-order chi connectivity index (χ1) is 12.6. The number of carbonyl (C=O) groups excluding carboxylic acids is 1. The second kappa shape index (κ2) is 7.71. The molecule has 3 aliphatic rings.